The molecule has 0 aromatic carbocycles. The number of rotatable bonds is 5. The van der Waals surface area contributed by atoms with Crippen molar-refractivity contribution >= 4 is 11.7 Å². The minimum absolute atomic E-state index is 0.0446. The van der Waals surface area contributed by atoms with Gasteiger partial charge in [-0.1, -0.05) is 13.3 Å². The zero-order valence-electron chi connectivity index (χ0n) is 10.3. The molecule has 1 atom stereocenters. The maximum absolute atomic E-state index is 11.8. The molecular formula is C12H22N2O2. The maximum Gasteiger partial charge on any atom is 0.237 e. The van der Waals surface area contributed by atoms with Crippen LogP contribution < -0.4 is 5.32 Å². The Labute approximate surface area is 97.4 Å². The lowest BCUT2D eigenvalue weighted by molar-refractivity contribution is -0.129. The molecule has 4 nitrogen and oxygen atoms in total. The molecule has 1 heterocycles. The number of ketones is 1. The van der Waals surface area contributed by atoms with Gasteiger partial charge in [0.25, 0.3) is 0 Å². The molecule has 16 heavy (non-hydrogen) atoms. The average Bonchev–Trinajstić information content (AvgIpc) is 2.28. The fraction of sp³-hybridized carbons (Fsp3) is 0.833. The van der Waals surface area contributed by atoms with Gasteiger partial charge < -0.3 is 5.32 Å². The van der Waals surface area contributed by atoms with E-state index in [2.05, 4.69) is 12.2 Å². The summed E-state index contributed by atoms with van der Waals surface area (Å²) in [7, 11) is 0. The van der Waals surface area contributed by atoms with Gasteiger partial charge in [0.05, 0.1) is 12.6 Å². The number of nitrogens with zero attached hydrogens (tertiary/aromatic N) is 1. The van der Waals surface area contributed by atoms with Gasteiger partial charge in [-0.15, -0.1) is 0 Å². The van der Waals surface area contributed by atoms with Crippen molar-refractivity contribution in [1.29, 1.82) is 0 Å². The summed E-state index contributed by atoms with van der Waals surface area (Å²) in [5, 5.41) is 2.90. The van der Waals surface area contributed by atoms with Crippen molar-refractivity contribution in [2.45, 2.75) is 45.6 Å². The number of unbranched alkanes of at least 4 members (excludes halogenated alkanes) is 1. The minimum atomic E-state index is -0.180. The molecule has 1 aliphatic heterocycles. The molecule has 1 fully saturated rings. The monoisotopic (exact) mass is 226 g/mol. The first-order chi connectivity index (χ1) is 7.65. The van der Waals surface area contributed by atoms with Crippen LogP contribution >= 0.6 is 0 Å². The molecule has 1 unspecified atom stereocenters. The summed E-state index contributed by atoms with van der Waals surface area (Å²) in [6, 6.07) is -0.180. The average molecular weight is 226 g/mol. The Bertz CT molecular complexity index is 253. The fourth-order valence-corrected chi connectivity index (χ4v) is 1.90. The van der Waals surface area contributed by atoms with Crippen molar-refractivity contribution in [2.24, 2.45) is 0 Å². The zero-order valence-corrected chi connectivity index (χ0v) is 10.3. The van der Waals surface area contributed by atoms with Gasteiger partial charge in [-0.25, -0.2) is 0 Å². The van der Waals surface area contributed by atoms with Gasteiger partial charge in [0, 0.05) is 13.0 Å². The second-order valence-corrected chi connectivity index (χ2v) is 4.43. The van der Waals surface area contributed by atoms with Crippen LogP contribution in [0.2, 0.25) is 0 Å². The molecule has 0 aromatic heterocycles. The smallest absolute Gasteiger partial charge is 0.237 e. The van der Waals surface area contributed by atoms with Crippen molar-refractivity contribution < 1.29 is 9.59 Å². The van der Waals surface area contributed by atoms with Crippen LogP contribution in [0.1, 0.15) is 39.5 Å². The van der Waals surface area contributed by atoms with Crippen molar-refractivity contribution in [3.63, 3.8) is 0 Å². The van der Waals surface area contributed by atoms with E-state index >= 15 is 0 Å². The van der Waals surface area contributed by atoms with Crippen LogP contribution in [0.15, 0.2) is 0 Å². The van der Waals surface area contributed by atoms with Gasteiger partial charge in [-0.05, 0) is 26.3 Å². The van der Waals surface area contributed by atoms with E-state index < -0.39 is 0 Å². The van der Waals surface area contributed by atoms with Gasteiger partial charge in [0.15, 0.2) is 0 Å². The number of hydrogen-bond acceptors (Lipinski definition) is 3. The Balaban J connectivity index is 2.34. The second-order valence-electron chi connectivity index (χ2n) is 4.43. The van der Waals surface area contributed by atoms with Gasteiger partial charge in [-0.3, -0.25) is 14.5 Å². The van der Waals surface area contributed by atoms with E-state index in [4.69, 9.17) is 0 Å². The van der Waals surface area contributed by atoms with Crippen LogP contribution in [0.3, 0.4) is 0 Å². The molecule has 0 spiro atoms. The Morgan fingerprint density at radius 3 is 2.94 bits per heavy atom. The molecule has 1 aliphatic rings. The topological polar surface area (TPSA) is 49.4 Å². The van der Waals surface area contributed by atoms with Crippen molar-refractivity contribution in [2.75, 3.05) is 19.6 Å². The largest absolute Gasteiger partial charge is 0.355 e. The number of amides is 1. The Hall–Kier alpha value is -0.900. The number of piperidine rings is 1. The number of carbonyl (C=O) groups is 2. The van der Waals surface area contributed by atoms with Gasteiger partial charge in [-0.2, -0.15) is 0 Å². The number of Topliss-reactive ketones (excluding diaryl/α,β-unsaturated/α-hetero) is 1. The molecule has 92 valence electrons. The summed E-state index contributed by atoms with van der Waals surface area (Å²) < 4.78 is 0. The number of nitrogens with one attached hydrogen (secondary N) is 1. The highest BCUT2D eigenvalue weighted by atomic mass is 16.2. The Morgan fingerprint density at radius 1 is 1.56 bits per heavy atom. The predicted molar refractivity (Wildman–Crippen MR) is 63.2 cm³/mol. The number of hydrogen-bond donors (Lipinski definition) is 1. The molecule has 0 bridgehead atoms. The summed E-state index contributed by atoms with van der Waals surface area (Å²) in [6.07, 6.45) is 3.64. The predicted octanol–water partition coefficient (Wildman–Crippen LogP) is 0.956. The lowest BCUT2D eigenvalue weighted by Crippen LogP contribution is -2.49. The third-order valence-corrected chi connectivity index (χ3v) is 3.04. The molecular weight excluding hydrogens is 204 g/mol. The SMILES string of the molecule is CCCCNC(=O)C(C)N1CCCC(=O)C1. The highest BCUT2D eigenvalue weighted by molar-refractivity contribution is 5.84. The number of likely N-dealkylation sites (tertiary alicyclic amines) is 1. The van der Waals surface area contributed by atoms with Crippen molar-refractivity contribution in [3.05, 3.63) is 0 Å². The highest BCUT2D eigenvalue weighted by Crippen LogP contribution is 2.09. The van der Waals surface area contributed by atoms with Crippen LogP contribution in [0.25, 0.3) is 0 Å². The summed E-state index contributed by atoms with van der Waals surface area (Å²) in [5.74, 6) is 0.294. The molecule has 0 saturated carbocycles. The van der Waals surface area contributed by atoms with E-state index in [1.807, 2.05) is 11.8 Å². The first kappa shape index (κ1) is 13.2. The molecule has 1 saturated heterocycles. The molecule has 1 N–H and O–H groups in total. The lowest BCUT2D eigenvalue weighted by atomic mass is 10.1. The molecule has 0 aromatic rings. The lowest BCUT2D eigenvalue weighted by Gasteiger charge is -2.30. The summed E-state index contributed by atoms with van der Waals surface area (Å²) in [5.41, 5.74) is 0. The normalized spacial score (nSPS) is 19.5. The molecule has 0 aliphatic carbocycles. The summed E-state index contributed by atoms with van der Waals surface area (Å²) in [4.78, 5) is 25.0. The van der Waals surface area contributed by atoms with Crippen molar-refractivity contribution in [3.8, 4) is 0 Å². The van der Waals surface area contributed by atoms with Gasteiger partial charge in [0.1, 0.15) is 5.78 Å². The molecule has 1 rings (SSSR count). The third-order valence-electron chi connectivity index (χ3n) is 3.04. The first-order valence-corrected chi connectivity index (χ1v) is 6.18. The molecule has 4 heteroatoms. The van der Waals surface area contributed by atoms with Crippen LogP contribution in [0.4, 0.5) is 0 Å². The van der Waals surface area contributed by atoms with Crippen LogP contribution in [-0.4, -0.2) is 42.3 Å². The fourth-order valence-electron chi connectivity index (χ4n) is 1.90. The Morgan fingerprint density at radius 2 is 2.31 bits per heavy atom. The highest BCUT2D eigenvalue weighted by Gasteiger charge is 2.25. The van der Waals surface area contributed by atoms with E-state index in [-0.39, 0.29) is 17.7 Å². The van der Waals surface area contributed by atoms with Gasteiger partial charge in [0.2, 0.25) is 5.91 Å². The zero-order chi connectivity index (χ0) is 12.0. The van der Waals surface area contributed by atoms with Gasteiger partial charge >= 0.3 is 0 Å². The first-order valence-electron chi connectivity index (χ1n) is 6.18. The standard InChI is InChI=1S/C12H22N2O2/c1-3-4-7-13-12(16)10(2)14-8-5-6-11(15)9-14/h10H,3-9H2,1-2H3,(H,13,16). The number of carbonyl (C=O) groups excluding carboxylic acids is 2. The quantitative estimate of drug-likeness (QED) is 0.710. The maximum atomic E-state index is 11.8. The van der Waals surface area contributed by atoms with Crippen LogP contribution in [-0.2, 0) is 9.59 Å². The summed E-state index contributed by atoms with van der Waals surface area (Å²) >= 11 is 0. The van der Waals surface area contributed by atoms with E-state index in [1.54, 1.807) is 0 Å². The van der Waals surface area contributed by atoms with E-state index in [0.717, 1.165) is 32.4 Å². The van der Waals surface area contributed by atoms with Crippen LogP contribution in [0, 0.1) is 0 Å². The summed E-state index contributed by atoms with van der Waals surface area (Å²) in [6.45, 7) is 6.00. The van der Waals surface area contributed by atoms with E-state index in [0.29, 0.717) is 13.0 Å². The second kappa shape index (κ2) is 6.63. The van der Waals surface area contributed by atoms with Crippen LogP contribution in [0.5, 0.6) is 0 Å². The third kappa shape index (κ3) is 3.93. The molecule has 1 amide bonds. The van der Waals surface area contributed by atoms with Crippen molar-refractivity contribution in [1.82, 2.24) is 10.2 Å². The molecule has 0 radical (unpaired) electrons. The van der Waals surface area contributed by atoms with E-state index in [1.165, 1.54) is 0 Å². The van der Waals surface area contributed by atoms with E-state index in [9.17, 15) is 9.59 Å². The Kier molecular flexibility index (Phi) is 5.46. The minimum Gasteiger partial charge on any atom is -0.355 e.